The summed E-state index contributed by atoms with van der Waals surface area (Å²) >= 11 is 1.68. The Kier molecular flexibility index (Phi) is 4.00. The molecule has 1 heterocycles. The molecule has 1 amide bonds. The second-order valence-electron chi connectivity index (χ2n) is 4.60. The fourth-order valence-corrected chi connectivity index (χ4v) is 2.79. The van der Waals surface area contributed by atoms with E-state index in [9.17, 15) is 9.18 Å². The Morgan fingerprint density at radius 3 is 2.53 bits per heavy atom. The summed E-state index contributed by atoms with van der Waals surface area (Å²) in [6, 6.07) is 6.47. The number of rotatable bonds is 3. The summed E-state index contributed by atoms with van der Waals surface area (Å²) in [7, 11) is 0. The molecule has 1 aromatic carbocycles. The number of carbonyl (C=O) groups is 1. The number of benzene rings is 1. The molecule has 0 spiro atoms. The molecule has 0 radical (unpaired) electrons. The minimum Gasteiger partial charge on any atom is -0.347 e. The van der Waals surface area contributed by atoms with Crippen LogP contribution in [0.15, 0.2) is 24.3 Å². The van der Waals surface area contributed by atoms with Crippen molar-refractivity contribution in [3.8, 4) is 0 Å². The summed E-state index contributed by atoms with van der Waals surface area (Å²) in [5, 5.41) is 2.85. The lowest BCUT2D eigenvalue weighted by atomic mass is 10.1. The highest BCUT2D eigenvalue weighted by Gasteiger charge is 2.08. The molecule has 2 aromatic rings. The lowest BCUT2D eigenvalue weighted by Crippen LogP contribution is -2.22. The van der Waals surface area contributed by atoms with Crippen LogP contribution < -0.4 is 5.32 Å². The zero-order valence-corrected chi connectivity index (χ0v) is 12.0. The van der Waals surface area contributed by atoms with Gasteiger partial charge in [-0.25, -0.2) is 4.39 Å². The Hall–Kier alpha value is -1.68. The van der Waals surface area contributed by atoms with Gasteiger partial charge < -0.3 is 5.32 Å². The van der Waals surface area contributed by atoms with Crippen LogP contribution in [0.25, 0.3) is 0 Å². The first kappa shape index (κ1) is 13.7. The quantitative estimate of drug-likeness (QED) is 0.909. The van der Waals surface area contributed by atoms with E-state index in [0.717, 1.165) is 4.88 Å². The molecule has 0 atom stereocenters. The van der Waals surface area contributed by atoms with E-state index in [0.29, 0.717) is 17.7 Å². The summed E-state index contributed by atoms with van der Waals surface area (Å²) in [4.78, 5) is 14.3. The van der Waals surface area contributed by atoms with E-state index in [1.807, 2.05) is 0 Å². The first-order chi connectivity index (χ1) is 8.97. The SMILES string of the molecule is Cc1cc(C(=O)NCc2cc(C)c(C)s2)ccc1F. The van der Waals surface area contributed by atoms with Gasteiger partial charge in [-0.1, -0.05) is 0 Å². The van der Waals surface area contributed by atoms with Crippen LogP contribution in [0, 0.1) is 26.6 Å². The fourth-order valence-electron chi connectivity index (χ4n) is 1.79. The molecule has 0 aliphatic rings. The Bertz CT molecular complexity index is 599. The summed E-state index contributed by atoms with van der Waals surface area (Å²) in [5.41, 5.74) is 2.21. The number of hydrogen-bond donors (Lipinski definition) is 1. The Morgan fingerprint density at radius 2 is 1.95 bits per heavy atom. The summed E-state index contributed by atoms with van der Waals surface area (Å²) in [6.45, 7) is 6.28. The van der Waals surface area contributed by atoms with Crippen molar-refractivity contribution in [1.29, 1.82) is 0 Å². The van der Waals surface area contributed by atoms with E-state index in [4.69, 9.17) is 0 Å². The number of aryl methyl sites for hydroxylation is 3. The van der Waals surface area contributed by atoms with Gasteiger partial charge >= 0.3 is 0 Å². The van der Waals surface area contributed by atoms with Crippen molar-refractivity contribution >= 4 is 17.2 Å². The highest BCUT2D eigenvalue weighted by molar-refractivity contribution is 7.12. The monoisotopic (exact) mass is 277 g/mol. The number of nitrogens with one attached hydrogen (secondary N) is 1. The van der Waals surface area contributed by atoms with Crippen LogP contribution in [0.5, 0.6) is 0 Å². The highest BCUT2D eigenvalue weighted by atomic mass is 32.1. The third kappa shape index (κ3) is 3.20. The minimum atomic E-state index is -0.291. The maximum absolute atomic E-state index is 13.1. The van der Waals surface area contributed by atoms with E-state index in [1.165, 1.54) is 22.6 Å². The van der Waals surface area contributed by atoms with Crippen LogP contribution in [0.3, 0.4) is 0 Å². The van der Waals surface area contributed by atoms with Crippen molar-refractivity contribution in [3.05, 3.63) is 56.5 Å². The first-order valence-corrected chi connectivity index (χ1v) is 6.89. The van der Waals surface area contributed by atoms with Gasteiger partial charge in [0.2, 0.25) is 0 Å². The van der Waals surface area contributed by atoms with E-state index in [-0.39, 0.29) is 11.7 Å². The van der Waals surface area contributed by atoms with Crippen LogP contribution in [0.2, 0.25) is 0 Å². The average Bonchev–Trinajstić information content (AvgIpc) is 2.69. The van der Waals surface area contributed by atoms with Crippen molar-refractivity contribution in [2.45, 2.75) is 27.3 Å². The molecule has 19 heavy (non-hydrogen) atoms. The number of hydrogen-bond acceptors (Lipinski definition) is 2. The predicted octanol–water partition coefficient (Wildman–Crippen LogP) is 3.74. The van der Waals surface area contributed by atoms with Crippen LogP contribution in [0.1, 0.15) is 31.2 Å². The number of amides is 1. The molecular formula is C15H16FNOS. The van der Waals surface area contributed by atoms with Gasteiger partial charge in [0.15, 0.2) is 0 Å². The highest BCUT2D eigenvalue weighted by Crippen LogP contribution is 2.20. The molecule has 1 aromatic heterocycles. The van der Waals surface area contributed by atoms with Gasteiger partial charge in [0.1, 0.15) is 5.82 Å². The molecule has 100 valence electrons. The third-order valence-electron chi connectivity index (χ3n) is 3.06. The van der Waals surface area contributed by atoms with E-state index >= 15 is 0 Å². The predicted molar refractivity (Wildman–Crippen MR) is 76.1 cm³/mol. The molecule has 0 fully saturated rings. The van der Waals surface area contributed by atoms with Crippen molar-refractivity contribution in [2.75, 3.05) is 0 Å². The molecule has 2 nitrogen and oxygen atoms in total. The van der Waals surface area contributed by atoms with E-state index in [1.54, 1.807) is 24.3 Å². The normalized spacial score (nSPS) is 10.5. The molecule has 0 saturated heterocycles. The van der Waals surface area contributed by atoms with Gasteiger partial charge in [-0.15, -0.1) is 11.3 Å². The first-order valence-electron chi connectivity index (χ1n) is 6.07. The van der Waals surface area contributed by atoms with Crippen molar-refractivity contribution in [3.63, 3.8) is 0 Å². The summed E-state index contributed by atoms with van der Waals surface area (Å²) < 4.78 is 13.1. The number of thiophene rings is 1. The largest absolute Gasteiger partial charge is 0.347 e. The van der Waals surface area contributed by atoms with Gasteiger partial charge in [-0.05, 0) is 56.2 Å². The second kappa shape index (κ2) is 5.53. The maximum Gasteiger partial charge on any atom is 0.251 e. The molecule has 0 aliphatic carbocycles. The Labute approximate surface area is 116 Å². The van der Waals surface area contributed by atoms with Crippen LogP contribution >= 0.6 is 11.3 Å². The summed E-state index contributed by atoms with van der Waals surface area (Å²) in [5.74, 6) is -0.465. The molecule has 0 saturated carbocycles. The van der Waals surface area contributed by atoms with Crippen molar-refractivity contribution < 1.29 is 9.18 Å². The lowest BCUT2D eigenvalue weighted by Gasteiger charge is -2.05. The van der Waals surface area contributed by atoms with Gasteiger partial charge in [0.05, 0.1) is 6.54 Å². The average molecular weight is 277 g/mol. The third-order valence-corrected chi connectivity index (χ3v) is 4.21. The fraction of sp³-hybridized carbons (Fsp3) is 0.267. The smallest absolute Gasteiger partial charge is 0.251 e. The topological polar surface area (TPSA) is 29.1 Å². The standard InChI is InChI=1S/C15H16FNOS/c1-9-7-13(19-11(9)3)8-17-15(18)12-4-5-14(16)10(2)6-12/h4-7H,8H2,1-3H3,(H,17,18). The van der Waals surface area contributed by atoms with Gasteiger partial charge in [-0.2, -0.15) is 0 Å². The lowest BCUT2D eigenvalue weighted by molar-refractivity contribution is 0.0951. The number of halogens is 1. The van der Waals surface area contributed by atoms with Crippen LogP contribution in [0.4, 0.5) is 4.39 Å². The molecule has 0 unspecified atom stereocenters. The Morgan fingerprint density at radius 1 is 1.21 bits per heavy atom. The van der Waals surface area contributed by atoms with Gasteiger partial charge in [-0.3, -0.25) is 4.79 Å². The zero-order valence-electron chi connectivity index (χ0n) is 11.2. The molecule has 0 bridgehead atoms. The molecule has 2 rings (SSSR count). The molecule has 1 N–H and O–H groups in total. The molecule has 4 heteroatoms. The van der Waals surface area contributed by atoms with Crippen molar-refractivity contribution in [1.82, 2.24) is 5.32 Å². The minimum absolute atomic E-state index is 0.174. The molecular weight excluding hydrogens is 261 g/mol. The van der Waals surface area contributed by atoms with Gasteiger partial charge in [0, 0.05) is 15.3 Å². The van der Waals surface area contributed by atoms with Crippen LogP contribution in [-0.2, 0) is 6.54 Å². The molecule has 0 aliphatic heterocycles. The Balaban J connectivity index is 2.03. The van der Waals surface area contributed by atoms with Crippen molar-refractivity contribution in [2.24, 2.45) is 0 Å². The van der Waals surface area contributed by atoms with Crippen LogP contribution in [-0.4, -0.2) is 5.91 Å². The summed E-state index contributed by atoms with van der Waals surface area (Å²) in [6.07, 6.45) is 0. The number of carbonyl (C=O) groups excluding carboxylic acids is 1. The zero-order chi connectivity index (χ0) is 14.0. The van der Waals surface area contributed by atoms with E-state index in [2.05, 4.69) is 25.2 Å². The van der Waals surface area contributed by atoms with Gasteiger partial charge in [0.25, 0.3) is 5.91 Å². The van der Waals surface area contributed by atoms with E-state index < -0.39 is 0 Å². The maximum atomic E-state index is 13.1. The second-order valence-corrected chi connectivity index (χ2v) is 5.94.